The second-order valence-corrected chi connectivity index (χ2v) is 7.44. The molecule has 3 heterocycles. The van der Waals surface area contributed by atoms with E-state index in [1.165, 1.54) is 6.26 Å². The van der Waals surface area contributed by atoms with Gasteiger partial charge in [0, 0.05) is 24.3 Å². The van der Waals surface area contributed by atoms with Crippen LogP contribution in [0.5, 0.6) is 0 Å². The lowest BCUT2D eigenvalue weighted by atomic mass is 9.64. The Hall–Kier alpha value is -3.83. The lowest BCUT2D eigenvalue weighted by Crippen LogP contribution is -2.49. The molecule has 0 saturated carbocycles. The fourth-order valence-corrected chi connectivity index (χ4v) is 4.82. The van der Waals surface area contributed by atoms with Crippen LogP contribution in [-0.2, 0) is 19.7 Å². The van der Waals surface area contributed by atoms with Crippen molar-refractivity contribution in [1.29, 1.82) is 5.26 Å². The van der Waals surface area contributed by atoms with Crippen molar-refractivity contribution in [3.8, 4) is 6.07 Å². The third-order valence-corrected chi connectivity index (χ3v) is 6.01. The highest BCUT2D eigenvalue weighted by Gasteiger charge is 2.62. The zero-order chi connectivity index (χ0) is 21.0. The summed E-state index contributed by atoms with van der Waals surface area (Å²) in [6, 6.07) is 12.3. The number of carbonyl (C=O) groups excluding carboxylic acids is 2. The number of hydrogen-bond acceptors (Lipinski definition) is 7. The molecular formula is C22H17N3O5. The predicted molar refractivity (Wildman–Crippen MR) is 103 cm³/mol. The molecule has 150 valence electrons. The smallest absolute Gasteiger partial charge is 0.249 e. The summed E-state index contributed by atoms with van der Waals surface area (Å²) >= 11 is 0. The third-order valence-electron chi connectivity index (χ3n) is 6.01. The number of fused-ring (bicyclic) bond motifs is 3. The Labute approximate surface area is 171 Å². The summed E-state index contributed by atoms with van der Waals surface area (Å²) < 4.78 is 11.2. The maximum atomic E-state index is 13.7. The van der Waals surface area contributed by atoms with Crippen LogP contribution in [0.3, 0.4) is 0 Å². The van der Waals surface area contributed by atoms with Crippen molar-refractivity contribution in [1.82, 2.24) is 0 Å². The van der Waals surface area contributed by atoms with Gasteiger partial charge in [-0.1, -0.05) is 18.2 Å². The number of aliphatic hydroxyl groups excluding tert-OH is 1. The van der Waals surface area contributed by atoms with Gasteiger partial charge >= 0.3 is 0 Å². The van der Waals surface area contributed by atoms with E-state index in [0.29, 0.717) is 23.4 Å². The molecule has 2 aromatic rings. The lowest BCUT2D eigenvalue weighted by Gasteiger charge is -2.38. The zero-order valence-electron chi connectivity index (χ0n) is 15.8. The molecule has 0 fully saturated rings. The molecule has 8 nitrogen and oxygen atoms in total. The molecule has 3 N–H and O–H groups in total. The summed E-state index contributed by atoms with van der Waals surface area (Å²) in [5.74, 6) is -0.497. The first-order valence-corrected chi connectivity index (χ1v) is 9.44. The van der Waals surface area contributed by atoms with E-state index in [1.54, 1.807) is 36.4 Å². The SMILES string of the molecule is N#CC1=C(N)OC2=C(C(=O)CC(c3ccco3)C2)C12C(=O)N(CO)c1ccccc12. The van der Waals surface area contributed by atoms with Crippen molar-refractivity contribution >= 4 is 17.4 Å². The Bertz CT molecular complexity index is 1190. The number of para-hydroxylation sites is 1. The normalized spacial score (nSPS) is 25.3. The number of amides is 1. The number of nitriles is 1. The first-order valence-electron chi connectivity index (χ1n) is 9.44. The van der Waals surface area contributed by atoms with Gasteiger partial charge in [-0.05, 0) is 18.2 Å². The Morgan fingerprint density at radius 1 is 1.23 bits per heavy atom. The Morgan fingerprint density at radius 2 is 2.03 bits per heavy atom. The van der Waals surface area contributed by atoms with Gasteiger partial charge in [0.25, 0.3) is 0 Å². The lowest BCUT2D eigenvalue weighted by molar-refractivity contribution is -0.125. The number of anilines is 1. The van der Waals surface area contributed by atoms with Gasteiger partial charge < -0.3 is 20.0 Å². The van der Waals surface area contributed by atoms with Gasteiger partial charge in [0.1, 0.15) is 35.3 Å². The Kier molecular flexibility index (Phi) is 3.85. The van der Waals surface area contributed by atoms with Crippen LogP contribution < -0.4 is 10.6 Å². The van der Waals surface area contributed by atoms with Crippen LogP contribution in [-0.4, -0.2) is 23.5 Å². The second kappa shape index (κ2) is 6.34. The first kappa shape index (κ1) is 18.2. The number of Topliss-reactive ketones (excluding diaryl/α,β-unsaturated/α-hetero) is 1. The summed E-state index contributed by atoms with van der Waals surface area (Å²) in [5, 5.41) is 19.8. The van der Waals surface area contributed by atoms with Crippen LogP contribution in [0.15, 0.2) is 69.9 Å². The number of furan rings is 1. The predicted octanol–water partition coefficient (Wildman–Crippen LogP) is 1.94. The standard InChI is InChI=1S/C22H17N3O5/c23-10-14-20(24)30-18-9-12(17-6-3-7-29-17)8-16(27)19(18)22(14)13-4-1-2-5-15(13)25(11-26)21(22)28/h1-7,12,26H,8-9,11,24H2. The van der Waals surface area contributed by atoms with Crippen LogP contribution in [0.2, 0.25) is 0 Å². The number of rotatable bonds is 2. The van der Waals surface area contributed by atoms with E-state index in [4.69, 9.17) is 14.9 Å². The summed E-state index contributed by atoms with van der Waals surface area (Å²) in [7, 11) is 0. The van der Waals surface area contributed by atoms with Crippen LogP contribution in [0.1, 0.15) is 30.1 Å². The fraction of sp³-hybridized carbons (Fsp3) is 0.227. The minimum absolute atomic E-state index is 0.102. The van der Waals surface area contributed by atoms with E-state index in [1.807, 2.05) is 6.07 Å². The topological polar surface area (TPSA) is 130 Å². The van der Waals surface area contributed by atoms with Crippen LogP contribution in [0.25, 0.3) is 0 Å². The minimum atomic E-state index is -1.73. The van der Waals surface area contributed by atoms with E-state index in [-0.39, 0.29) is 40.9 Å². The van der Waals surface area contributed by atoms with E-state index < -0.39 is 18.1 Å². The number of aliphatic hydroxyl groups is 1. The average molecular weight is 403 g/mol. The van der Waals surface area contributed by atoms with Gasteiger partial charge in [0.15, 0.2) is 5.78 Å². The largest absolute Gasteiger partial charge is 0.469 e. The summed E-state index contributed by atoms with van der Waals surface area (Å²) in [6.07, 6.45) is 1.93. The number of hydrogen-bond donors (Lipinski definition) is 2. The molecule has 0 saturated heterocycles. The number of allylic oxidation sites excluding steroid dienone is 1. The highest BCUT2D eigenvalue weighted by atomic mass is 16.5. The molecule has 1 aromatic heterocycles. The van der Waals surface area contributed by atoms with Crippen molar-refractivity contribution in [3.05, 3.63) is 76.8 Å². The van der Waals surface area contributed by atoms with Gasteiger partial charge in [-0.25, -0.2) is 0 Å². The number of carbonyl (C=O) groups is 2. The molecule has 1 aliphatic carbocycles. The monoisotopic (exact) mass is 403 g/mol. The van der Waals surface area contributed by atoms with Crippen molar-refractivity contribution < 1.29 is 23.8 Å². The minimum Gasteiger partial charge on any atom is -0.469 e. The van der Waals surface area contributed by atoms with E-state index >= 15 is 0 Å². The molecule has 1 amide bonds. The average Bonchev–Trinajstić information content (AvgIpc) is 3.35. The molecular weight excluding hydrogens is 386 g/mol. The van der Waals surface area contributed by atoms with E-state index in [0.717, 1.165) is 4.90 Å². The molecule has 1 spiro atoms. The number of ketones is 1. The quantitative estimate of drug-likeness (QED) is 0.784. The molecule has 30 heavy (non-hydrogen) atoms. The van der Waals surface area contributed by atoms with E-state index in [2.05, 4.69) is 0 Å². The summed E-state index contributed by atoms with van der Waals surface area (Å²) in [6.45, 7) is -0.594. The molecule has 8 heteroatoms. The number of nitrogens with two attached hydrogens (primary N) is 1. The van der Waals surface area contributed by atoms with Crippen LogP contribution in [0, 0.1) is 11.3 Å². The zero-order valence-corrected chi connectivity index (χ0v) is 15.8. The van der Waals surface area contributed by atoms with Gasteiger partial charge in [0.2, 0.25) is 11.8 Å². The van der Waals surface area contributed by atoms with Crippen LogP contribution >= 0.6 is 0 Å². The van der Waals surface area contributed by atoms with Crippen molar-refractivity contribution in [3.63, 3.8) is 0 Å². The molecule has 0 bridgehead atoms. The van der Waals surface area contributed by atoms with Crippen molar-refractivity contribution in [2.75, 3.05) is 11.6 Å². The fourth-order valence-electron chi connectivity index (χ4n) is 4.82. The Balaban J connectivity index is 1.78. The number of nitrogens with zero attached hydrogens (tertiary/aromatic N) is 2. The van der Waals surface area contributed by atoms with Gasteiger partial charge in [-0.3, -0.25) is 14.5 Å². The molecule has 2 unspecified atom stereocenters. The van der Waals surface area contributed by atoms with Gasteiger partial charge in [-0.15, -0.1) is 0 Å². The van der Waals surface area contributed by atoms with Gasteiger partial charge in [-0.2, -0.15) is 5.26 Å². The van der Waals surface area contributed by atoms with Crippen molar-refractivity contribution in [2.24, 2.45) is 5.73 Å². The maximum absolute atomic E-state index is 13.7. The van der Waals surface area contributed by atoms with E-state index in [9.17, 15) is 20.0 Å². The van der Waals surface area contributed by atoms with Gasteiger partial charge in [0.05, 0.1) is 17.5 Å². The summed E-state index contributed by atoms with van der Waals surface area (Å²) in [5.41, 5.74) is 5.22. The maximum Gasteiger partial charge on any atom is 0.249 e. The summed E-state index contributed by atoms with van der Waals surface area (Å²) in [4.78, 5) is 28.2. The molecule has 1 aromatic carbocycles. The molecule has 5 rings (SSSR count). The molecule has 2 atom stereocenters. The Morgan fingerprint density at radius 3 is 2.73 bits per heavy atom. The first-order chi connectivity index (χ1) is 14.5. The highest BCUT2D eigenvalue weighted by Crippen LogP contribution is 2.56. The van der Waals surface area contributed by atoms with Crippen molar-refractivity contribution in [2.45, 2.75) is 24.2 Å². The molecule has 2 aliphatic heterocycles. The third kappa shape index (κ3) is 2.12. The van der Waals surface area contributed by atoms with Crippen LogP contribution in [0.4, 0.5) is 5.69 Å². The molecule has 0 radical (unpaired) electrons. The number of ether oxygens (including phenoxy) is 1. The second-order valence-electron chi connectivity index (χ2n) is 7.44. The molecule has 3 aliphatic rings. The highest BCUT2D eigenvalue weighted by molar-refractivity contribution is 6.20. The number of benzene rings is 1.